The van der Waals surface area contributed by atoms with Gasteiger partial charge in [-0.25, -0.2) is 22.9 Å². The zero-order valence-corrected chi connectivity index (χ0v) is 22.3. The van der Waals surface area contributed by atoms with Crippen molar-refractivity contribution in [1.29, 1.82) is 5.26 Å². The minimum absolute atomic E-state index is 0.0271. The highest BCUT2D eigenvalue weighted by Crippen LogP contribution is 2.44. The number of benzene rings is 3. The molecule has 5 aromatic rings. The van der Waals surface area contributed by atoms with Gasteiger partial charge in [0.15, 0.2) is 5.75 Å². The summed E-state index contributed by atoms with van der Waals surface area (Å²) in [4.78, 5) is 17.1. The second-order valence-corrected chi connectivity index (χ2v) is 11.1. The number of nitrogens with one attached hydrogen (secondary N) is 1. The van der Waals surface area contributed by atoms with Crippen molar-refractivity contribution >= 4 is 21.0 Å². The van der Waals surface area contributed by atoms with Gasteiger partial charge in [-0.2, -0.15) is 9.65 Å². The van der Waals surface area contributed by atoms with E-state index in [2.05, 4.69) is 9.71 Å². The van der Waals surface area contributed by atoms with Crippen LogP contribution in [0.15, 0.2) is 117 Å². The van der Waals surface area contributed by atoms with Gasteiger partial charge in [-0.3, -0.25) is 0 Å². The zero-order chi connectivity index (χ0) is 28.7. The molecule has 1 unspecified atom stereocenters. The van der Waals surface area contributed by atoms with Gasteiger partial charge in [0.25, 0.3) is 10.0 Å². The first-order chi connectivity index (χ1) is 19.8. The summed E-state index contributed by atoms with van der Waals surface area (Å²) in [5.41, 5.74) is 1.79. The zero-order valence-electron chi connectivity index (χ0n) is 21.5. The minimum Gasteiger partial charge on any atom is -0.438 e. The lowest BCUT2D eigenvalue weighted by molar-refractivity contribution is 0.374. The molecule has 41 heavy (non-hydrogen) atoms. The molecule has 0 spiro atoms. The van der Waals surface area contributed by atoms with Crippen molar-refractivity contribution < 1.29 is 22.0 Å². The molecule has 6 rings (SSSR count). The third-order valence-electron chi connectivity index (χ3n) is 6.82. The largest absolute Gasteiger partial charge is 0.438 e. The molecule has 8 nitrogen and oxygen atoms in total. The van der Waals surface area contributed by atoms with E-state index in [1.54, 1.807) is 79.7 Å². The second kappa shape index (κ2) is 10.0. The smallest absolute Gasteiger partial charge is 0.344 e. The minimum atomic E-state index is -4.15. The second-order valence-electron chi connectivity index (χ2n) is 9.39. The van der Waals surface area contributed by atoms with E-state index in [9.17, 15) is 22.9 Å². The predicted octanol–water partition coefficient (Wildman–Crippen LogP) is 5.54. The Labute approximate surface area is 234 Å². The van der Waals surface area contributed by atoms with E-state index >= 15 is 0 Å². The summed E-state index contributed by atoms with van der Waals surface area (Å²) in [6, 6.07) is 25.0. The van der Waals surface area contributed by atoms with E-state index < -0.39 is 27.5 Å². The highest BCUT2D eigenvalue weighted by molar-refractivity contribution is 7.89. The number of fused-ring (bicyclic) bond motifs is 3. The van der Waals surface area contributed by atoms with E-state index in [-0.39, 0.29) is 33.2 Å². The normalized spacial score (nSPS) is 14.7. The van der Waals surface area contributed by atoms with Crippen LogP contribution in [0.1, 0.15) is 22.6 Å². The molecule has 0 bridgehead atoms. The van der Waals surface area contributed by atoms with E-state index in [0.717, 1.165) is 5.56 Å². The number of hydrogen-bond acceptors (Lipinski definition) is 7. The lowest BCUT2D eigenvalue weighted by atomic mass is 9.83. The average Bonchev–Trinajstić information content (AvgIpc) is 2.98. The van der Waals surface area contributed by atoms with Crippen LogP contribution in [-0.4, -0.2) is 13.4 Å². The summed E-state index contributed by atoms with van der Waals surface area (Å²) >= 11 is 0. The lowest BCUT2D eigenvalue weighted by Crippen LogP contribution is -2.33. The van der Waals surface area contributed by atoms with Crippen molar-refractivity contribution in [3.63, 3.8) is 0 Å². The first kappa shape index (κ1) is 26.0. The number of nitriles is 1. The molecule has 0 radical (unpaired) electrons. The van der Waals surface area contributed by atoms with Crippen LogP contribution in [0.2, 0.25) is 0 Å². The summed E-state index contributed by atoms with van der Waals surface area (Å²) in [6.07, 6.45) is 1.42. The van der Waals surface area contributed by atoms with Crippen LogP contribution in [0.25, 0.3) is 22.1 Å². The van der Waals surface area contributed by atoms with Crippen LogP contribution in [-0.2, 0) is 10.0 Å². The number of rotatable bonds is 5. The quantitative estimate of drug-likeness (QED) is 0.219. The first-order valence-electron chi connectivity index (χ1n) is 12.4. The fraction of sp³-hybridized carbons (Fsp3) is 0.0645. The number of para-hydroxylation sites is 1. The van der Waals surface area contributed by atoms with Crippen molar-refractivity contribution in [3.05, 3.63) is 136 Å². The van der Waals surface area contributed by atoms with Gasteiger partial charge in [0.2, 0.25) is 11.8 Å². The van der Waals surface area contributed by atoms with Crippen molar-refractivity contribution in [3.8, 4) is 22.9 Å². The molecular weight excluding hydrogens is 545 g/mol. The van der Waals surface area contributed by atoms with Gasteiger partial charge >= 0.3 is 5.63 Å². The van der Waals surface area contributed by atoms with Crippen molar-refractivity contribution in [1.82, 2.24) is 9.71 Å². The molecule has 0 amide bonds. The predicted molar refractivity (Wildman–Crippen MR) is 149 cm³/mol. The molecule has 1 N–H and O–H groups in total. The molecule has 0 fully saturated rings. The third kappa shape index (κ3) is 4.62. The Morgan fingerprint density at radius 2 is 1.68 bits per heavy atom. The lowest BCUT2D eigenvalue weighted by Gasteiger charge is -2.28. The molecule has 0 saturated carbocycles. The molecule has 2 aromatic heterocycles. The number of aryl methyl sites for hydroxylation is 1. The number of ether oxygens (including phenoxy) is 1. The molecular formula is C31H20FN3O5S. The Balaban J connectivity index is 1.53. The van der Waals surface area contributed by atoms with E-state index in [0.29, 0.717) is 22.1 Å². The van der Waals surface area contributed by atoms with Crippen LogP contribution in [0, 0.1) is 24.2 Å². The third-order valence-corrected chi connectivity index (χ3v) is 8.16. The topological polar surface area (TPSA) is 122 Å². The maximum atomic E-state index is 13.7. The fourth-order valence-electron chi connectivity index (χ4n) is 4.82. The number of sulfonamides is 1. The van der Waals surface area contributed by atoms with Crippen LogP contribution in [0.5, 0.6) is 5.75 Å². The summed E-state index contributed by atoms with van der Waals surface area (Å²) in [6.45, 7) is 1.62. The first-order valence-corrected chi connectivity index (χ1v) is 13.9. The standard InChI is InChI=1S/C31H20FN3O5S/c1-18-15-21(17-34-29(18)32)19-11-13-20(14-12-19)26-24(16-33)30(35-41(37,38)22-7-3-2-4-8-22)40-28-23-9-5-6-10-25(23)39-31(36)27(26)28/h2-15,17,26,35H,1H3. The number of halogens is 1. The maximum Gasteiger partial charge on any atom is 0.344 e. The van der Waals surface area contributed by atoms with Crippen molar-refractivity contribution in [2.75, 3.05) is 0 Å². The molecule has 0 aliphatic carbocycles. The monoisotopic (exact) mass is 565 g/mol. The fourth-order valence-corrected chi connectivity index (χ4v) is 5.85. The summed E-state index contributed by atoms with van der Waals surface area (Å²) < 4.78 is 54.2. The summed E-state index contributed by atoms with van der Waals surface area (Å²) in [7, 11) is -4.15. The Morgan fingerprint density at radius 1 is 0.976 bits per heavy atom. The molecule has 1 aliphatic rings. The van der Waals surface area contributed by atoms with Gasteiger partial charge in [0, 0.05) is 17.3 Å². The summed E-state index contributed by atoms with van der Waals surface area (Å²) in [5.74, 6) is -1.79. The van der Waals surface area contributed by atoms with E-state index in [4.69, 9.17) is 9.15 Å². The number of hydrogen-bond donors (Lipinski definition) is 1. The SMILES string of the molecule is Cc1cc(-c2ccc(C3C(C#N)=C(NS(=O)(=O)c4ccccc4)Oc4c3c(=O)oc3ccccc43)cc2)cnc1F. The van der Waals surface area contributed by atoms with Crippen LogP contribution in [0.4, 0.5) is 4.39 Å². The summed E-state index contributed by atoms with van der Waals surface area (Å²) in [5, 5.41) is 10.7. The van der Waals surface area contributed by atoms with E-state index in [1.807, 2.05) is 6.07 Å². The Morgan fingerprint density at radius 3 is 2.39 bits per heavy atom. The van der Waals surface area contributed by atoms with Crippen LogP contribution < -0.4 is 15.1 Å². The molecule has 3 aromatic carbocycles. The molecule has 1 aliphatic heterocycles. The van der Waals surface area contributed by atoms with Crippen molar-refractivity contribution in [2.45, 2.75) is 17.7 Å². The molecule has 1 atom stereocenters. The van der Waals surface area contributed by atoms with Gasteiger partial charge < -0.3 is 9.15 Å². The van der Waals surface area contributed by atoms with Crippen LogP contribution >= 0.6 is 0 Å². The molecule has 202 valence electrons. The van der Waals surface area contributed by atoms with Gasteiger partial charge in [-0.15, -0.1) is 0 Å². The van der Waals surface area contributed by atoms with Crippen molar-refractivity contribution in [2.24, 2.45) is 0 Å². The Kier molecular flexibility index (Phi) is 6.36. The highest BCUT2D eigenvalue weighted by atomic mass is 32.2. The van der Waals surface area contributed by atoms with E-state index in [1.165, 1.54) is 18.3 Å². The maximum absolute atomic E-state index is 13.7. The van der Waals surface area contributed by atoms with Gasteiger partial charge in [-0.05, 0) is 48.4 Å². The number of aromatic nitrogens is 1. The average molecular weight is 566 g/mol. The van der Waals surface area contributed by atoms with Gasteiger partial charge in [0.1, 0.15) is 17.2 Å². The Bertz CT molecular complexity index is 2070. The van der Waals surface area contributed by atoms with Gasteiger partial charge in [-0.1, -0.05) is 54.6 Å². The highest BCUT2D eigenvalue weighted by Gasteiger charge is 2.37. The molecule has 3 heterocycles. The number of nitrogens with zero attached hydrogens (tertiary/aromatic N) is 2. The van der Waals surface area contributed by atoms with Crippen LogP contribution in [0.3, 0.4) is 0 Å². The van der Waals surface area contributed by atoms with Gasteiger partial charge in [0.05, 0.1) is 21.8 Å². The number of pyridine rings is 1. The molecule has 0 saturated heterocycles. The molecule has 10 heteroatoms. The number of allylic oxidation sites excluding steroid dienone is 1. The Hall–Kier alpha value is -5.27.